The molecule has 0 saturated carbocycles. The zero-order valence-electron chi connectivity index (χ0n) is 7.92. The Morgan fingerprint density at radius 1 is 1.58 bits per heavy atom. The van der Waals surface area contributed by atoms with Crippen LogP contribution in [0.3, 0.4) is 0 Å². The number of aliphatic hydroxyl groups excluding tert-OH is 1. The Bertz CT molecular complexity index is 128. The third-order valence-corrected chi connectivity index (χ3v) is 2.38. The van der Waals surface area contributed by atoms with Crippen molar-refractivity contribution in [1.82, 2.24) is 5.32 Å². The van der Waals surface area contributed by atoms with E-state index in [0.29, 0.717) is 6.10 Å². The van der Waals surface area contributed by atoms with Crippen LogP contribution in [0.2, 0.25) is 0 Å². The summed E-state index contributed by atoms with van der Waals surface area (Å²) < 4.78 is 5.64. The van der Waals surface area contributed by atoms with E-state index >= 15 is 0 Å². The highest BCUT2D eigenvalue weighted by molar-refractivity contribution is 4.81. The Morgan fingerprint density at radius 2 is 2.33 bits per heavy atom. The van der Waals surface area contributed by atoms with Gasteiger partial charge in [0.15, 0.2) is 0 Å². The van der Waals surface area contributed by atoms with Crippen molar-refractivity contribution in [1.29, 1.82) is 0 Å². The maximum atomic E-state index is 9.06. The minimum atomic E-state index is 0.125. The first-order valence-corrected chi connectivity index (χ1v) is 4.77. The number of likely N-dealkylation sites (N-methyl/N-ethyl adjacent to an activating group) is 1. The van der Waals surface area contributed by atoms with Gasteiger partial charge in [-0.3, -0.25) is 0 Å². The molecule has 0 aromatic heterocycles. The average molecular weight is 173 g/mol. The summed E-state index contributed by atoms with van der Waals surface area (Å²) in [6, 6.07) is 0.125. The van der Waals surface area contributed by atoms with Crippen molar-refractivity contribution in [2.75, 3.05) is 13.2 Å². The van der Waals surface area contributed by atoms with E-state index < -0.39 is 0 Å². The van der Waals surface area contributed by atoms with Gasteiger partial charge >= 0.3 is 0 Å². The lowest BCUT2D eigenvalue weighted by molar-refractivity contribution is 0.0179. The number of rotatable bonds is 4. The maximum absolute atomic E-state index is 9.06. The van der Waals surface area contributed by atoms with Gasteiger partial charge in [-0.25, -0.2) is 0 Å². The van der Waals surface area contributed by atoms with Gasteiger partial charge in [0.25, 0.3) is 0 Å². The monoisotopic (exact) mass is 173 g/mol. The molecule has 0 bridgehead atoms. The Balaban J connectivity index is 2.33. The lowest BCUT2D eigenvalue weighted by atomic mass is 10.1. The van der Waals surface area contributed by atoms with Crippen molar-refractivity contribution in [3.63, 3.8) is 0 Å². The van der Waals surface area contributed by atoms with Gasteiger partial charge in [0.05, 0.1) is 24.9 Å². The minimum Gasteiger partial charge on any atom is -0.395 e. The van der Waals surface area contributed by atoms with Crippen molar-refractivity contribution < 1.29 is 9.84 Å². The molecule has 3 nitrogen and oxygen atoms in total. The van der Waals surface area contributed by atoms with Crippen LogP contribution in [0.1, 0.15) is 26.7 Å². The molecule has 1 rings (SSSR count). The zero-order valence-corrected chi connectivity index (χ0v) is 7.92. The topological polar surface area (TPSA) is 41.5 Å². The molecule has 3 atom stereocenters. The Hall–Kier alpha value is -0.120. The Labute approximate surface area is 74.1 Å². The minimum absolute atomic E-state index is 0.125. The summed E-state index contributed by atoms with van der Waals surface area (Å²) in [5.41, 5.74) is 0. The second-order valence-corrected chi connectivity index (χ2v) is 3.41. The molecule has 2 N–H and O–H groups in total. The molecule has 72 valence electrons. The second-order valence-electron chi connectivity index (χ2n) is 3.41. The normalized spacial score (nSPS) is 32.2. The van der Waals surface area contributed by atoms with Crippen LogP contribution >= 0.6 is 0 Å². The highest BCUT2D eigenvalue weighted by atomic mass is 16.5. The molecular formula is C9H19NO2. The van der Waals surface area contributed by atoms with Crippen LogP contribution in [0.5, 0.6) is 0 Å². The largest absolute Gasteiger partial charge is 0.395 e. The van der Waals surface area contributed by atoms with E-state index in [9.17, 15) is 0 Å². The Morgan fingerprint density at radius 3 is 2.75 bits per heavy atom. The van der Waals surface area contributed by atoms with Crippen LogP contribution in [0.4, 0.5) is 0 Å². The number of nitrogens with one attached hydrogen (secondary N) is 1. The molecular weight excluding hydrogens is 154 g/mol. The first kappa shape index (κ1) is 9.96. The third-order valence-electron chi connectivity index (χ3n) is 2.38. The Kier molecular flexibility index (Phi) is 3.98. The van der Waals surface area contributed by atoms with Gasteiger partial charge in [-0.05, 0) is 26.3 Å². The van der Waals surface area contributed by atoms with Crippen molar-refractivity contribution in [3.05, 3.63) is 0 Å². The average Bonchev–Trinajstić information content (AvgIpc) is 2.47. The van der Waals surface area contributed by atoms with Crippen LogP contribution in [0.15, 0.2) is 0 Å². The summed E-state index contributed by atoms with van der Waals surface area (Å²) in [4.78, 5) is 0. The van der Waals surface area contributed by atoms with Gasteiger partial charge < -0.3 is 15.2 Å². The molecule has 1 aliphatic heterocycles. The fourth-order valence-corrected chi connectivity index (χ4v) is 1.71. The summed E-state index contributed by atoms with van der Waals surface area (Å²) in [6.45, 7) is 5.19. The number of aliphatic hydroxyl groups is 1. The molecule has 1 heterocycles. The molecule has 3 heteroatoms. The van der Waals surface area contributed by atoms with Crippen LogP contribution < -0.4 is 5.32 Å². The standard InChI is InChI=1S/C9H19NO2/c1-3-10-8(6-11)9-5-4-7(2)12-9/h7-11H,3-6H2,1-2H3. The summed E-state index contributed by atoms with van der Waals surface area (Å²) in [7, 11) is 0. The second kappa shape index (κ2) is 4.80. The first-order valence-electron chi connectivity index (χ1n) is 4.77. The third kappa shape index (κ3) is 2.44. The molecule has 0 aliphatic carbocycles. The molecule has 0 aromatic carbocycles. The molecule has 0 aromatic rings. The van der Waals surface area contributed by atoms with Gasteiger partial charge in [0.2, 0.25) is 0 Å². The lowest BCUT2D eigenvalue weighted by Gasteiger charge is -2.21. The van der Waals surface area contributed by atoms with Crippen molar-refractivity contribution >= 4 is 0 Å². The van der Waals surface area contributed by atoms with E-state index in [2.05, 4.69) is 12.2 Å². The van der Waals surface area contributed by atoms with Gasteiger partial charge in [-0.1, -0.05) is 6.92 Å². The van der Waals surface area contributed by atoms with Crippen LogP contribution in [-0.4, -0.2) is 36.5 Å². The number of ether oxygens (including phenoxy) is 1. The first-order chi connectivity index (χ1) is 5.77. The zero-order chi connectivity index (χ0) is 8.97. The van der Waals surface area contributed by atoms with Crippen molar-refractivity contribution in [2.24, 2.45) is 0 Å². The van der Waals surface area contributed by atoms with E-state index in [4.69, 9.17) is 9.84 Å². The van der Waals surface area contributed by atoms with Crippen LogP contribution in [0.25, 0.3) is 0 Å². The highest BCUT2D eigenvalue weighted by Crippen LogP contribution is 2.21. The van der Waals surface area contributed by atoms with E-state index in [1.54, 1.807) is 0 Å². The van der Waals surface area contributed by atoms with E-state index in [1.165, 1.54) is 0 Å². The van der Waals surface area contributed by atoms with Crippen LogP contribution in [0, 0.1) is 0 Å². The van der Waals surface area contributed by atoms with E-state index in [-0.39, 0.29) is 18.8 Å². The van der Waals surface area contributed by atoms with Crippen molar-refractivity contribution in [2.45, 2.75) is 44.9 Å². The van der Waals surface area contributed by atoms with Gasteiger partial charge in [-0.2, -0.15) is 0 Å². The highest BCUT2D eigenvalue weighted by Gasteiger charge is 2.28. The SMILES string of the molecule is CCNC(CO)C1CCC(C)O1. The number of hydrogen-bond acceptors (Lipinski definition) is 3. The molecule has 0 radical (unpaired) electrons. The predicted octanol–water partition coefficient (Wildman–Crippen LogP) is 0.524. The summed E-state index contributed by atoms with van der Waals surface area (Å²) >= 11 is 0. The quantitative estimate of drug-likeness (QED) is 0.651. The van der Waals surface area contributed by atoms with Gasteiger partial charge in [0.1, 0.15) is 0 Å². The molecule has 0 amide bonds. The lowest BCUT2D eigenvalue weighted by Crippen LogP contribution is -2.42. The fourth-order valence-electron chi connectivity index (χ4n) is 1.71. The molecule has 0 spiro atoms. The van der Waals surface area contributed by atoms with Gasteiger partial charge in [0, 0.05) is 0 Å². The fraction of sp³-hybridized carbons (Fsp3) is 1.00. The molecule has 1 aliphatic rings. The molecule has 1 saturated heterocycles. The molecule has 12 heavy (non-hydrogen) atoms. The van der Waals surface area contributed by atoms with Crippen molar-refractivity contribution in [3.8, 4) is 0 Å². The molecule has 1 fully saturated rings. The van der Waals surface area contributed by atoms with Crippen LogP contribution in [-0.2, 0) is 4.74 Å². The summed E-state index contributed by atoms with van der Waals surface area (Å²) in [5.74, 6) is 0. The summed E-state index contributed by atoms with van der Waals surface area (Å²) in [6.07, 6.45) is 2.76. The summed E-state index contributed by atoms with van der Waals surface area (Å²) in [5, 5.41) is 12.3. The van der Waals surface area contributed by atoms with E-state index in [1.807, 2.05) is 6.92 Å². The number of hydrogen-bond donors (Lipinski definition) is 2. The molecule has 3 unspecified atom stereocenters. The smallest absolute Gasteiger partial charge is 0.0755 e. The predicted molar refractivity (Wildman–Crippen MR) is 48.1 cm³/mol. The van der Waals surface area contributed by atoms with Gasteiger partial charge in [-0.15, -0.1) is 0 Å². The maximum Gasteiger partial charge on any atom is 0.0755 e. The van der Waals surface area contributed by atoms with E-state index in [0.717, 1.165) is 19.4 Å².